The van der Waals surface area contributed by atoms with Crippen molar-refractivity contribution in [2.45, 2.75) is 70.4 Å². The lowest BCUT2D eigenvalue weighted by atomic mass is 9.94. The Morgan fingerprint density at radius 2 is 1.94 bits per heavy atom. The van der Waals surface area contributed by atoms with E-state index in [4.69, 9.17) is 9.72 Å². The molecule has 0 spiro atoms. The van der Waals surface area contributed by atoms with Gasteiger partial charge >= 0.3 is 5.97 Å². The van der Waals surface area contributed by atoms with E-state index in [-0.39, 0.29) is 23.8 Å². The summed E-state index contributed by atoms with van der Waals surface area (Å²) < 4.78 is 6.70. The van der Waals surface area contributed by atoms with E-state index >= 15 is 0 Å². The fourth-order valence-corrected chi connectivity index (χ4v) is 5.43. The van der Waals surface area contributed by atoms with Crippen LogP contribution in [0.4, 0.5) is 5.95 Å². The van der Waals surface area contributed by atoms with Crippen molar-refractivity contribution in [3.8, 4) is 0 Å². The van der Waals surface area contributed by atoms with E-state index in [2.05, 4.69) is 5.32 Å². The first kappa shape index (κ1) is 25.9. The number of methoxy groups -OCH3 is 1. The molecular formula is C27H34N4O4S. The van der Waals surface area contributed by atoms with Crippen LogP contribution < -0.4 is 5.32 Å². The molecule has 1 fully saturated rings. The van der Waals surface area contributed by atoms with Gasteiger partial charge in [-0.3, -0.25) is 19.7 Å². The topological polar surface area (TPSA) is 93.5 Å². The molecule has 1 N–H and O–H groups in total. The highest BCUT2D eigenvalue weighted by Gasteiger charge is 2.24. The van der Waals surface area contributed by atoms with Gasteiger partial charge in [-0.25, -0.2) is 4.98 Å². The van der Waals surface area contributed by atoms with E-state index in [1.54, 1.807) is 6.07 Å². The second-order valence-corrected chi connectivity index (χ2v) is 10.3. The number of thiophene rings is 1. The van der Waals surface area contributed by atoms with Crippen LogP contribution in [-0.2, 0) is 16.1 Å². The Kier molecular flexibility index (Phi) is 8.74. The molecule has 4 rings (SSSR count). The molecule has 0 atom stereocenters. The molecule has 8 nitrogen and oxygen atoms in total. The molecule has 0 aliphatic heterocycles. The number of nitrogens with zero attached hydrogens (tertiary/aromatic N) is 3. The minimum atomic E-state index is -0.208. The second-order valence-electron chi connectivity index (χ2n) is 9.32. The number of rotatable bonds is 10. The zero-order valence-corrected chi connectivity index (χ0v) is 21.8. The number of fused-ring (bicyclic) bond motifs is 1. The van der Waals surface area contributed by atoms with Gasteiger partial charge in [0.1, 0.15) is 0 Å². The van der Waals surface area contributed by atoms with Gasteiger partial charge < -0.3 is 14.2 Å². The Hall–Kier alpha value is -3.20. The number of nitrogens with one attached hydrogen (secondary N) is 1. The van der Waals surface area contributed by atoms with Crippen LogP contribution in [0.5, 0.6) is 0 Å². The molecule has 1 aromatic carbocycles. The molecule has 0 radical (unpaired) electrons. The van der Waals surface area contributed by atoms with Crippen LogP contribution in [0.3, 0.4) is 0 Å². The average molecular weight is 511 g/mol. The number of anilines is 1. The Bertz CT molecular complexity index is 1200. The summed E-state index contributed by atoms with van der Waals surface area (Å²) in [4.78, 5) is 44.6. The molecule has 0 saturated heterocycles. The van der Waals surface area contributed by atoms with Crippen LogP contribution in [0.15, 0.2) is 35.7 Å². The van der Waals surface area contributed by atoms with E-state index in [9.17, 15) is 14.4 Å². The minimum Gasteiger partial charge on any atom is -0.469 e. The number of aryl methyl sites for hydroxylation is 1. The summed E-state index contributed by atoms with van der Waals surface area (Å²) in [5, 5.41) is 4.81. The maximum Gasteiger partial charge on any atom is 0.305 e. The van der Waals surface area contributed by atoms with Gasteiger partial charge in [0, 0.05) is 31.6 Å². The molecule has 2 heterocycles. The maximum absolute atomic E-state index is 13.2. The fourth-order valence-electron chi connectivity index (χ4n) is 4.81. The SMILES string of the molecule is COC(=O)CCCCCn1c(NC(=O)c2cccs2)nc2cc(C(=O)N(C)C3CCCCC3)ccc21. The lowest BCUT2D eigenvalue weighted by Crippen LogP contribution is -2.38. The average Bonchev–Trinajstić information content (AvgIpc) is 3.56. The summed E-state index contributed by atoms with van der Waals surface area (Å²) in [5.74, 6) is 0.0508. The first-order chi connectivity index (χ1) is 17.5. The van der Waals surface area contributed by atoms with Crippen LogP contribution in [0.25, 0.3) is 11.0 Å². The summed E-state index contributed by atoms with van der Waals surface area (Å²) in [6, 6.07) is 9.49. The number of benzene rings is 1. The first-order valence-corrected chi connectivity index (χ1v) is 13.5. The normalized spacial score (nSPS) is 14.1. The third kappa shape index (κ3) is 6.13. The van der Waals surface area contributed by atoms with Gasteiger partial charge in [0.05, 0.1) is 23.0 Å². The van der Waals surface area contributed by atoms with Crippen LogP contribution in [-0.4, -0.2) is 52.4 Å². The zero-order valence-electron chi connectivity index (χ0n) is 21.0. The number of imidazole rings is 1. The second kappa shape index (κ2) is 12.2. The predicted octanol–water partition coefficient (Wildman–Crippen LogP) is 5.49. The van der Waals surface area contributed by atoms with Crippen molar-refractivity contribution in [2.24, 2.45) is 0 Å². The van der Waals surface area contributed by atoms with Gasteiger partial charge in [0.2, 0.25) is 5.95 Å². The van der Waals surface area contributed by atoms with E-state index in [0.29, 0.717) is 34.9 Å². The third-order valence-corrected chi connectivity index (χ3v) is 7.77. The number of hydrogen-bond donors (Lipinski definition) is 1. The van der Waals surface area contributed by atoms with Crippen molar-refractivity contribution < 1.29 is 19.1 Å². The zero-order chi connectivity index (χ0) is 25.5. The largest absolute Gasteiger partial charge is 0.469 e. The smallest absolute Gasteiger partial charge is 0.305 e. The summed E-state index contributed by atoms with van der Waals surface area (Å²) in [6.07, 6.45) is 8.46. The summed E-state index contributed by atoms with van der Waals surface area (Å²) in [7, 11) is 3.29. The van der Waals surface area contributed by atoms with Crippen LogP contribution >= 0.6 is 11.3 Å². The lowest BCUT2D eigenvalue weighted by Gasteiger charge is -2.31. The molecule has 36 heavy (non-hydrogen) atoms. The van der Waals surface area contributed by atoms with Crippen molar-refractivity contribution in [1.29, 1.82) is 0 Å². The van der Waals surface area contributed by atoms with E-state index in [1.165, 1.54) is 37.7 Å². The number of hydrogen-bond acceptors (Lipinski definition) is 6. The van der Waals surface area contributed by atoms with Gasteiger partial charge in [-0.2, -0.15) is 0 Å². The van der Waals surface area contributed by atoms with Crippen LogP contribution in [0.2, 0.25) is 0 Å². The highest BCUT2D eigenvalue weighted by atomic mass is 32.1. The number of ether oxygens (including phenoxy) is 1. The van der Waals surface area contributed by atoms with Crippen molar-refractivity contribution in [3.63, 3.8) is 0 Å². The molecule has 1 aliphatic rings. The molecule has 9 heteroatoms. The minimum absolute atomic E-state index is 0.00494. The molecular weight excluding hydrogens is 476 g/mol. The number of amides is 2. The summed E-state index contributed by atoms with van der Waals surface area (Å²) >= 11 is 1.37. The maximum atomic E-state index is 13.2. The van der Waals surface area contributed by atoms with Crippen molar-refractivity contribution in [1.82, 2.24) is 14.5 Å². The standard InChI is InChI=1S/C27H34N4O4S/c1-30(20-10-5-3-6-11-20)26(34)19-14-15-22-21(18-19)28-27(29-25(33)23-12-9-17-36-23)31(22)16-8-4-7-13-24(32)35-2/h9,12,14-15,17-18,20H,3-8,10-11,13,16H2,1-2H3,(H,28,29,33). The number of carbonyl (C=O) groups is 3. The van der Waals surface area contributed by atoms with Gasteiger partial charge in [-0.15, -0.1) is 11.3 Å². The Balaban J connectivity index is 1.54. The Labute approximate surface area is 215 Å². The van der Waals surface area contributed by atoms with Gasteiger partial charge in [-0.05, 0) is 55.3 Å². The Morgan fingerprint density at radius 1 is 1.14 bits per heavy atom. The van der Waals surface area contributed by atoms with E-state index in [0.717, 1.165) is 37.6 Å². The molecule has 3 aromatic rings. The fraction of sp³-hybridized carbons (Fsp3) is 0.481. The van der Waals surface area contributed by atoms with E-state index < -0.39 is 0 Å². The molecule has 1 saturated carbocycles. The third-order valence-electron chi connectivity index (χ3n) is 6.90. The van der Waals surface area contributed by atoms with Crippen molar-refractivity contribution >= 4 is 46.1 Å². The Morgan fingerprint density at radius 3 is 2.67 bits per heavy atom. The monoisotopic (exact) mass is 510 g/mol. The molecule has 192 valence electrons. The number of carbonyl (C=O) groups excluding carboxylic acids is 3. The van der Waals surface area contributed by atoms with Gasteiger partial charge in [-0.1, -0.05) is 31.7 Å². The van der Waals surface area contributed by atoms with Crippen LogP contribution in [0, 0.1) is 0 Å². The highest BCUT2D eigenvalue weighted by molar-refractivity contribution is 7.12. The highest BCUT2D eigenvalue weighted by Crippen LogP contribution is 2.26. The van der Waals surface area contributed by atoms with Gasteiger partial charge in [0.15, 0.2) is 0 Å². The van der Waals surface area contributed by atoms with E-state index in [1.807, 2.05) is 46.2 Å². The molecule has 2 aromatic heterocycles. The predicted molar refractivity (Wildman–Crippen MR) is 141 cm³/mol. The van der Waals surface area contributed by atoms with Crippen molar-refractivity contribution in [2.75, 3.05) is 19.5 Å². The number of aromatic nitrogens is 2. The molecule has 0 unspecified atom stereocenters. The molecule has 0 bridgehead atoms. The van der Waals surface area contributed by atoms with Gasteiger partial charge in [0.25, 0.3) is 11.8 Å². The summed E-state index contributed by atoms with van der Waals surface area (Å²) in [5.41, 5.74) is 2.14. The molecule has 2 amide bonds. The lowest BCUT2D eigenvalue weighted by molar-refractivity contribution is -0.140. The molecule has 1 aliphatic carbocycles. The quantitative estimate of drug-likeness (QED) is 0.288. The first-order valence-electron chi connectivity index (χ1n) is 12.7. The van der Waals surface area contributed by atoms with Crippen molar-refractivity contribution in [3.05, 3.63) is 46.2 Å². The number of esters is 1. The van der Waals surface area contributed by atoms with Crippen LogP contribution in [0.1, 0.15) is 77.8 Å². The number of unbranched alkanes of at least 4 members (excludes halogenated alkanes) is 2. The summed E-state index contributed by atoms with van der Waals surface area (Å²) in [6.45, 7) is 0.632.